The minimum atomic E-state index is -0.445. The summed E-state index contributed by atoms with van der Waals surface area (Å²) in [5.74, 6) is 1.59. The Balaban J connectivity index is 2.06. The molecule has 1 N–H and O–H groups in total. The number of thioether (sulfide) groups is 1. The highest BCUT2D eigenvalue weighted by Gasteiger charge is 2.44. The topological polar surface area (TPSA) is 29.5 Å². The van der Waals surface area contributed by atoms with E-state index in [1.54, 1.807) is 0 Å². The van der Waals surface area contributed by atoms with Crippen molar-refractivity contribution in [3.63, 3.8) is 0 Å². The van der Waals surface area contributed by atoms with E-state index in [4.69, 9.17) is 4.74 Å². The van der Waals surface area contributed by atoms with Gasteiger partial charge in [-0.3, -0.25) is 0 Å². The first-order valence-corrected chi connectivity index (χ1v) is 6.20. The fourth-order valence-electron chi connectivity index (χ4n) is 2.43. The molecule has 0 amide bonds. The van der Waals surface area contributed by atoms with Crippen LogP contribution in [0.3, 0.4) is 0 Å². The van der Waals surface area contributed by atoms with Gasteiger partial charge in [-0.2, -0.15) is 11.8 Å². The summed E-state index contributed by atoms with van der Waals surface area (Å²) >= 11 is 1.91. The summed E-state index contributed by atoms with van der Waals surface area (Å²) in [5, 5.41) is 10.9. The van der Waals surface area contributed by atoms with Gasteiger partial charge in [-0.05, 0) is 25.0 Å². The van der Waals surface area contributed by atoms with Gasteiger partial charge in [0.05, 0.1) is 12.2 Å². The van der Waals surface area contributed by atoms with Gasteiger partial charge < -0.3 is 9.84 Å². The molecule has 2 nitrogen and oxygen atoms in total. The normalized spacial score (nSPS) is 46.6. The first kappa shape index (κ1) is 9.81. The zero-order valence-electron chi connectivity index (χ0n) is 8.16. The van der Waals surface area contributed by atoms with Crippen LogP contribution in [-0.2, 0) is 4.74 Å². The fraction of sp³-hybridized carbons (Fsp3) is 1.00. The molecule has 3 atom stereocenters. The lowest BCUT2D eigenvalue weighted by Crippen LogP contribution is -2.48. The molecule has 0 aliphatic carbocycles. The van der Waals surface area contributed by atoms with Crippen molar-refractivity contribution in [1.82, 2.24) is 0 Å². The second kappa shape index (κ2) is 3.79. The first-order valence-electron chi connectivity index (χ1n) is 5.15. The molecular weight excluding hydrogens is 184 g/mol. The van der Waals surface area contributed by atoms with Gasteiger partial charge in [0.25, 0.3) is 0 Å². The molecule has 0 aromatic rings. The smallest absolute Gasteiger partial charge is 0.0814 e. The van der Waals surface area contributed by atoms with Crippen LogP contribution in [0.4, 0.5) is 0 Å². The third kappa shape index (κ3) is 1.74. The quantitative estimate of drug-likeness (QED) is 0.701. The zero-order valence-corrected chi connectivity index (χ0v) is 8.98. The first-order chi connectivity index (χ1) is 6.23. The zero-order chi connectivity index (χ0) is 9.31. The predicted octanol–water partition coefficient (Wildman–Crippen LogP) is 1.67. The maximum Gasteiger partial charge on any atom is 0.0814 e. The molecule has 13 heavy (non-hydrogen) atoms. The molecule has 2 rings (SSSR count). The van der Waals surface area contributed by atoms with Crippen LogP contribution in [0, 0.1) is 5.92 Å². The largest absolute Gasteiger partial charge is 0.388 e. The lowest BCUT2D eigenvalue weighted by molar-refractivity contribution is -0.0302. The average Bonchev–Trinajstić information content (AvgIpc) is 2.63. The van der Waals surface area contributed by atoms with Crippen molar-refractivity contribution in [2.24, 2.45) is 5.92 Å². The summed E-state index contributed by atoms with van der Waals surface area (Å²) in [6, 6.07) is 0. The van der Waals surface area contributed by atoms with Crippen LogP contribution >= 0.6 is 11.8 Å². The second-order valence-corrected chi connectivity index (χ2v) is 5.62. The summed E-state index contributed by atoms with van der Waals surface area (Å²) < 4.78 is 5.35. The molecule has 3 unspecified atom stereocenters. The SMILES string of the molecule is CC1SCCCC1(O)C1CCOC1. The Kier molecular flexibility index (Phi) is 2.86. The van der Waals surface area contributed by atoms with E-state index in [9.17, 15) is 5.11 Å². The maximum atomic E-state index is 10.5. The molecule has 0 aromatic heterocycles. The molecule has 0 radical (unpaired) electrons. The third-order valence-electron chi connectivity index (χ3n) is 3.43. The standard InChI is InChI=1S/C10H18O2S/c1-8-10(11,4-2-6-13-8)9-3-5-12-7-9/h8-9,11H,2-7H2,1H3. The average molecular weight is 202 g/mol. The molecule has 2 aliphatic rings. The van der Waals surface area contributed by atoms with Crippen LogP contribution in [0.2, 0.25) is 0 Å². The molecule has 0 aromatic carbocycles. The van der Waals surface area contributed by atoms with E-state index in [2.05, 4.69) is 6.92 Å². The number of hydrogen-bond acceptors (Lipinski definition) is 3. The summed E-state index contributed by atoms with van der Waals surface area (Å²) in [6.45, 7) is 3.76. The number of hydrogen-bond donors (Lipinski definition) is 1. The minimum absolute atomic E-state index is 0.382. The van der Waals surface area contributed by atoms with Crippen LogP contribution in [0.15, 0.2) is 0 Å². The highest BCUT2D eigenvalue weighted by molar-refractivity contribution is 8.00. The van der Waals surface area contributed by atoms with E-state index >= 15 is 0 Å². The van der Waals surface area contributed by atoms with Gasteiger partial charge in [-0.1, -0.05) is 6.92 Å². The van der Waals surface area contributed by atoms with Crippen molar-refractivity contribution >= 4 is 11.8 Å². The van der Waals surface area contributed by atoms with Gasteiger partial charge >= 0.3 is 0 Å². The lowest BCUT2D eigenvalue weighted by Gasteiger charge is -2.41. The van der Waals surface area contributed by atoms with Crippen LogP contribution in [-0.4, -0.2) is 34.9 Å². The van der Waals surface area contributed by atoms with Crippen molar-refractivity contribution in [2.45, 2.75) is 37.0 Å². The fourth-order valence-corrected chi connectivity index (χ4v) is 3.69. The Hall–Kier alpha value is 0.270. The minimum Gasteiger partial charge on any atom is -0.388 e. The summed E-state index contributed by atoms with van der Waals surface area (Å²) in [7, 11) is 0. The van der Waals surface area contributed by atoms with Crippen LogP contribution in [0.1, 0.15) is 26.2 Å². The number of ether oxygens (including phenoxy) is 1. The Morgan fingerprint density at radius 1 is 1.54 bits per heavy atom. The van der Waals surface area contributed by atoms with Crippen molar-refractivity contribution in [2.75, 3.05) is 19.0 Å². The third-order valence-corrected chi connectivity index (χ3v) is 4.86. The molecule has 2 heterocycles. The molecule has 0 spiro atoms. The van der Waals surface area contributed by atoms with Gasteiger partial charge in [-0.25, -0.2) is 0 Å². The summed E-state index contributed by atoms with van der Waals surface area (Å²) in [6.07, 6.45) is 3.17. The number of rotatable bonds is 1. The van der Waals surface area contributed by atoms with Crippen molar-refractivity contribution < 1.29 is 9.84 Å². The number of aliphatic hydroxyl groups is 1. The van der Waals surface area contributed by atoms with E-state index in [1.165, 1.54) is 5.75 Å². The Bertz CT molecular complexity index is 180. The van der Waals surface area contributed by atoms with E-state index in [1.807, 2.05) is 11.8 Å². The molecule has 2 aliphatic heterocycles. The molecule has 2 saturated heterocycles. The molecule has 0 saturated carbocycles. The lowest BCUT2D eigenvalue weighted by atomic mass is 9.80. The predicted molar refractivity (Wildman–Crippen MR) is 55.0 cm³/mol. The van der Waals surface area contributed by atoms with Gasteiger partial charge in [0.15, 0.2) is 0 Å². The summed E-state index contributed by atoms with van der Waals surface area (Å²) in [4.78, 5) is 0. The van der Waals surface area contributed by atoms with Gasteiger partial charge in [-0.15, -0.1) is 0 Å². The van der Waals surface area contributed by atoms with Crippen LogP contribution < -0.4 is 0 Å². The van der Waals surface area contributed by atoms with Crippen molar-refractivity contribution in [3.05, 3.63) is 0 Å². The van der Waals surface area contributed by atoms with Crippen LogP contribution in [0.25, 0.3) is 0 Å². The van der Waals surface area contributed by atoms with Crippen molar-refractivity contribution in [3.8, 4) is 0 Å². The monoisotopic (exact) mass is 202 g/mol. The van der Waals surface area contributed by atoms with Crippen LogP contribution in [0.5, 0.6) is 0 Å². The molecule has 3 heteroatoms. The van der Waals surface area contributed by atoms with E-state index in [0.717, 1.165) is 32.5 Å². The van der Waals surface area contributed by atoms with E-state index in [-0.39, 0.29) is 0 Å². The Morgan fingerprint density at radius 3 is 3.00 bits per heavy atom. The molecule has 76 valence electrons. The van der Waals surface area contributed by atoms with Gasteiger partial charge in [0.1, 0.15) is 0 Å². The Morgan fingerprint density at radius 2 is 2.38 bits per heavy atom. The molecule has 0 bridgehead atoms. The Labute approximate surface area is 84.0 Å². The highest BCUT2D eigenvalue weighted by atomic mass is 32.2. The van der Waals surface area contributed by atoms with E-state index < -0.39 is 5.60 Å². The molecular formula is C10H18O2S. The molecule has 2 fully saturated rings. The van der Waals surface area contributed by atoms with Gasteiger partial charge in [0, 0.05) is 17.8 Å². The van der Waals surface area contributed by atoms with E-state index in [0.29, 0.717) is 11.2 Å². The summed E-state index contributed by atoms with van der Waals surface area (Å²) in [5.41, 5.74) is -0.445. The maximum absolute atomic E-state index is 10.5. The second-order valence-electron chi connectivity index (χ2n) is 4.17. The highest BCUT2D eigenvalue weighted by Crippen LogP contribution is 2.41. The van der Waals surface area contributed by atoms with Gasteiger partial charge in [0.2, 0.25) is 0 Å². The van der Waals surface area contributed by atoms with Crippen molar-refractivity contribution in [1.29, 1.82) is 0 Å².